The van der Waals surface area contributed by atoms with E-state index in [9.17, 15) is 13.2 Å². The summed E-state index contributed by atoms with van der Waals surface area (Å²) in [7, 11) is -3.34. The highest BCUT2D eigenvalue weighted by Gasteiger charge is 2.40. The molecule has 3 rings (SSSR count). The van der Waals surface area contributed by atoms with Crippen molar-refractivity contribution in [3.63, 3.8) is 0 Å². The maximum atomic E-state index is 13.6. The molecule has 0 aliphatic carbocycles. The van der Waals surface area contributed by atoms with E-state index in [4.69, 9.17) is 16.3 Å². The average molecular weight is 434 g/mol. The molecule has 0 radical (unpaired) electrons. The first-order chi connectivity index (χ1) is 13.5. The van der Waals surface area contributed by atoms with Crippen molar-refractivity contribution in [3.8, 4) is 5.75 Å². The number of benzene rings is 2. The molecule has 0 saturated heterocycles. The first kappa shape index (κ1) is 21.4. The van der Waals surface area contributed by atoms with Gasteiger partial charge in [0.1, 0.15) is 5.75 Å². The van der Waals surface area contributed by atoms with Gasteiger partial charge in [-0.05, 0) is 81.3 Å². The summed E-state index contributed by atoms with van der Waals surface area (Å²) >= 11 is 5.92. The Kier molecular flexibility index (Phi) is 5.79. The van der Waals surface area contributed by atoms with Gasteiger partial charge in [0.25, 0.3) is 5.91 Å². The minimum atomic E-state index is -3.34. The molecule has 0 unspecified atom stereocenters. The number of amides is 1. The molecular formula is C22H24ClNO4S. The van der Waals surface area contributed by atoms with Gasteiger partial charge in [0.15, 0.2) is 15.4 Å². The summed E-state index contributed by atoms with van der Waals surface area (Å²) in [5.41, 5.74) is 1.39. The van der Waals surface area contributed by atoms with Gasteiger partial charge in [-0.15, -0.1) is 0 Å². The third-order valence-corrected chi connectivity index (χ3v) is 6.28. The van der Waals surface area contributed by atoms with Crippen molar-refractivity contribution in [1.29, 1.82) is 0 Å². The van der Waals surface area contributed by atoms with Crippen LogP contribution in [-0.4, -0.2) is 31.7 Å². The molecule has 1 atom stereocenters. The average Bonchev–Trinajstić information content (AvgIpc) is 2.95. The number of carbonyl (C=O) groups is 1. The number of nitrogens with zero attached hydrogens (tertiary/aromatic N) is 1. The monoisotopic (exact) mass is 433 g/mol. The van der Waals surface area contributed by atoms with E-state index in [1.165, 1.54) is 10.3 Å². The van der Waals surface area contributed by atoms with Crippen LogP contribution in [0.25, 0.3) is 0 Å². The van der Waals surface area contributed by atoms with Gasteiger partial charge in [-0.25, -0.2) is 8.42 Å². The lowest BCUT2D eigenvalue weighted by Crippen LogP contribution is -2.53. The van der Waals surface area contributed by atoms with Gasteiger partial charge in [-0.3, -0.25) is 4.79 Å². The predicted octanol–water partition coefficient (Wildman–Crippen LogP) is 4.46. The molecular weight excluding hydrogens is 410 g/mol. The second kappa shape index (κ2) is 7.84. The molecule has 29 heavy (non-hydrogen) atoms. The Balaban J connectivity index is 1.99. The standard InChI is InChI=1S/C22H24ClNO4S/c1-15-11-16(2)13-19(12-15)24(18-9-10-29(26,27)14-18)21(25)22(3,4)28-20-7-5-17(23)6-8-20/h5-13,18H,14H2,1-4H3/t18-/m1/s1. The SMILES string of the molecule is Cc1cc(C)cc(N(C(=O)C(C)(C)Oc2ccc(Cl)cc2)[C@@H]2C=CS(=O)(=O)C2)c1. The fraction of sp³-hybridized carbons (Fsp3) is 0.318. The van der Waals surface area contributed by atoms with E-state index in [0.29, 0.717) is 16.5 Å². The molecule has 1 heterocycles. The number of hydrogen-bond donors (Lipinski definition) is 0. The van der Waals surface area contributed by atoms with Crippen molar-refractivity contribution >= 4 is 33.0 Å². The maximum Gasteiger partial charge on any atom is 0.271 e. The van der Waals surface area contributed by atoms with Gasteiger partial charge in [-0.2, -0.15) is 0 Å². The molecule has 0 bridgehead atoms. The van der Waals surface area contributed by atoms with Crippen molar-refractivity contribution in [2.75, 3.05) is 10.7 Å². The highest BCUT2D eigenvalue weighted by atomic mass is 35.5. The van der Waals surface area contributed by atoms with Gasteiger partial charge in [0.05, 0.1) is 11.8 Å². The molecule has 154 valence electrons. The lowest BCUT2D eigenvalue weighted by molar-refractivity contribution is -0.131. The van der Waals surface area contributed by atoms with E-state index in [-0.39, 0.29) is 11.7 Å². The van der Waals surface area contributed by atoms with Crippen LogP contribution in [0.5, 0.6) is 5.75 Å². The molecule has 0 N–H and O–H groups in total. The van der Waals surface area contributed by atoms with E-state index in [1.807, 2.05) is 32.0 Å². The van der Waals surface area contributed by atoms with Gasteiger partial charge in [-0.1, -0.05) is 17.7 Å². The molecule has 1 aliphatic rings. The van der Waals surface area contributed by atoms with Crippen LogP contribution >= 0.6 is 11.6 Å². The Morgan fingerprint density at radius 2 is 1.69 bits per heavy atom. The summed E-state index contributed by atoms with van der Waals surface area (Å²) in [4.78, 5) is 15.1. The number of aryl methyl sites for hydroxylation is 2. The summed E-state index contributed by atoms with van der Waals surface area (Å²) < 4.78 is 30.0. The number of sulfone groups is 1. The van der Waals surface area contributed by atoms with Gasteiger partial charge < -0.3 is 9.64 Å². The Morgan fingerprint density at radius 3 is 2.21 bits per heavy atom. The van der Waals surface area contributed by atoms with Crippen LogP contribution in [0.4, 0.5) is 5.69 Å². The number of anilines is 1. The maximum absolute atomic E-state index is 13.6. The second-order valence-electron chi connectivity index (χ2n) is 7.81. The largest absolute Gasteiger partial charge is 0.478 e. The highest BCUT2D eigenvalue weighted by Crippen LogP contribution is 2.30. The van der Waals surface area contributed by atoms with E-state index in [0.717, 1.165) is 11.1 Å². The minimum absolute atomic E-state index is 0.150. The first-order valence-corrected chi connectivity index (χ1v) is 11.3. The Labute approximate surface area is 176 Å². The summed E-state index contributed by atoms with van der Waals surface area (Å²) in [6.45, 7) is 7.23. The molecule has 7 heteroatoms. The van der Waals surface area contributed by atoms with Crippen LogP contribution in [0.2, 0.25) is 5.02 Å². The van der Waals surface area contributed by atoms with Crippen molar-refractivity contribution in [2.45, 2.75) is 39.3 Å². The highest BCUT2D eigenvalue weighted by molar-refractivity contribution is 7.94. The van der Waals surface area contributed by atoms with Gasteiger partial charge in [0, 0.05) is 16.1 Å². The lowest BCUT2D eigenvalue weighted by atomic mass is 10.0. The fourth-order valence-electron chi connectivity index (χ4n) is 3.40. The molecule has 0 saturated carbocycles. The molecule has 1 aliphatic heterocycles. The van der Waals surface area contributed by atoms with E-state index in [1.54, 1.807) is 44.2 Å². The molecule has 5 nitrogen and oxygen atoms in total. The van der Waals surface area contributed by atoms with Crippen molar-refractivity contribution in [2.24, 2.45) is 0 Å². The minimum Gasteiger partial charge on any atom is -0.478 e. The Morgan fingerprint density at radius 1 is 1.10 bits per heavy atom. The van der Waals surface area contributed by atoms with Crippen LogP contribution in [0, 0.1) is 13.8 Å². The summed E-state index contributed by atoms with van der Waals surface area (Å²) in [5.74, 6) is 0.0230. The first-order valence-electron chi connectivity index (χ1n) is 9.24. The third-order valence-electron chi connectivity index (χ3n) is 4.65. The van der Waals surface area contributed by atoms with E-state index >= 15 is 0 Å². The second-order valence-corrected chi connectivity index (χ2v) is 10.2. The molecule has 2 aromatic rings. The topological polar surface area (TPSA) is 63.7 Å². The van der Waals surface area contributed by atoms with E-state index in [2.05, 4.69) is 0 Å². The van der Waals surface area contributed by atoms with Gasteiger partial charge in [0.2, 0.25) is 0 Å². The fourth-order valence-corrected chi connectivity index (χ4v) is 4.79. The van der Waals surface area contributed by atoms with Crippen molar-refractivity contribution < 1.29 is 17.9 Å². The Bertz CT molecular complexity index is 1040. The summed E-state index contributed by atoms with van der Waals surface area (Å²) in [5, 5.41) is 1.74. The van der Waals surface area contributed by atoms with E-state index < -0.39 is 21.5 Å². The number of hydrogen-bond acceptors (Lipinski definition) is 4. The summed E-state index contributed by atoms with van der Waals surface area (Å²) in [6, 6.07) is 11.9. The van der Waals surface area contributed by atoms with Crippen LogP contribution in [0.1, 0.15) is 25.0 Å². The van der Waals surface area contributed by atoms with Crippen molar-refractivity contribution in [1.82, 2.24) is 0 Å². The zero-order chi connectivity index (χ0) is 21.4. The zero-order valence-corrected chi connectivity index (χ0v) is 18.4. The van der Waals surface area contributed by atoms with Crippen LogP contribution in [-0.2, 0) is 14.6 Å². The lowest BCUT2D eigenvalue weighted by Gasteiger charge is -2.35. The summed E-state index contributed by atoms with van der Waals surface area (Å²) in [6.07, 6.45) is 1.56. The number of rotatable bonds is 5. The molecule has 0 aromatic heterocycles. The molecule has 2 aromatic carbocycles. The Hall–Kier alpha value is -2.31. The number of ether oxygens (including phenoxy) is 1. The van der Waals surface area contributed by atoms with Crippen LogP contribution < -0.4 is 9.64 Å². The predicted molar refractivity (Wildman–Crippen MR) is 116 cm³/mol. The normalized spacial score (nSPS) is 17.9. The van der Waals surface area contributed by atoms with Crippen LogP contribution in [0.3, 0.4) is 0 Å². The number of carbonyl (C=O) groups excluding carboxylic acids is 1. The van der Waals surface area contributed by atoms with Crippen molar-refractivity contribution in [3.05, 3.63) is 70.1 Å². The zero-order valence-electron chi connectivity index (χ0n) is 16.8. The molecule has 0 fully saturated rings. The third kappa shape index (κ3) is 5.00. The molecule has 0 spiro atoms. The molecule has 1 amide bonds. The smallest absolute Gasteiger partial charge is 0.271 e. The number of halogens is 1. The quantitative estimate of drug-likeness (QED) is 0.698. The van der Waals surface area contributed by atoms with Crippen LogP contribution in [0.15, 0.2) is 53.9 Å². The van der Waals surface area contributed by atoms with Gasteiger partial charge >= 0.3 is 0 Å².